The van der Waals surface area contributed by atoms with E-state index >= 15 is 0 Å². The van der Waals surface area contributed by atoms with Crippen molar-refractivity contribution in [3.05, 3.63) is 23.3 Å². The van der Waals surface area contributed by atoms with Crippen molar-refractivity contribution >= 4 is 17.6 Å². The van der Waals surface area contributed by atoms with Crippen LogP contribution in [0.25, 0.3) is 0 Å². The zero-order valence-electron chi connectivity index (χ0n) is 15.0. The van der Waals surface area contributed by atoms with Gasteiger partial charge in [-0.2, -0.15) is 0 Å². The van der Waals surface area contributed by atoms with Gasteiger partial charge in [-0.3, -0.25) is 14.4 Å². The van der Waals surface area contributed by atoms with E-state index in [-0.39, 0.29) is 29.9 Å². The molecule has 1 atom stereocenters. The zero-order chi connectivity index (χ0) is 18.6. The van der Waals surface area contributed by atoms with Crippen molar-refractivity contribution in [2.45, 2.75) is 19.8 Å². The first-order chi connectivity index (χ1) is 11.9. The standard InChI is InChI=1S/C18H24N2O5/c1-11(21)14-9-16(25-4)15(24-3)7-13(14)8-17(22)20-6-5-12(10-20)18(23)19-2/h7,9,12H,5-6,8,10H2,1-4H3,(H,19,23)/t12-/m1/s1. The van der Waals surface area contributed by atoms with Gasteiger partial charge in [0, 0.05) is 25.7 Å². The summed E-state index contributed by atoms with van der Waals surface area (Å²) in [5.41, 5.74) is 1.03. The summed E-state index contributed by atoms with van der Waals surface area (Å²) in [5.74, 6) is 0.441. The molecule has 2 amide bonds. The molecule has 1 aliphatic rings. The van der Waals surface area contributed by atoms with Crippen molar-refractivity contribution < 1.29 is 23.9 Å². The number of ether oxygens (including phenoxy) is 2. The number of benzene rings is 1. The molecule has 1 N–H and O–H groups in total. The highest BCUT2D eigenvalue weighted by Crippen LogP contribution is 2.31. The SMILES string of the molecule is CNC(=O)[C@@H]1CCN(C(=O)Cc2cc(OC)c(OC)cc2C(C)=O)C1. The van der Waals surface area contributed by atoms with E-state index in [0.717, 1.165) is 0 Å². The average molecular weight is 348 g/mol. The predicted octanol–water partition coefficient (Wildman–Crippen LogP) is 1.04. The summed E-state index contributed by atoms with van der Waals surface area (Å²) in [7, 11) is 4.59. The lowest BCUT2D eigenvalue weighted by atomic mass is 10.00. The van der Waals surface area contributed by atoms with E-state index in [2.05, 4.69) is 5.32 Å². The molecule has 136 valence electrons. The van der Waals surface area contributed by atoms with Gasteiger partial charge in [0.25, 0.3) is 0 Å². The molecule has 0 radical (unpaired) electrons. The van der Waals surface area contributed by atoms with E-state index in [1.807, 2.05) is 0 Å². The molecule has 7 heteroatoms. The second kappa shape index (κ2) is 8.00. The summed E-state index contributed by atoms with van der Waals surface area (Å²) < 4.78 is 10.5. The third-order valence-electron chi connectivity index (χ3n) is 4.49. The number of Topliss-reactive ketones (excluding diaryl/α,β-unsaturated/α-hetero) is 1. The van der Waals surface area contributed by atoms with Gasteiger partial charge in [0.2, 0.25) is 11.8 Å². The van der Waals surface area contributed by atoms with Gasteiger partial charge in [-0.05, 0) is 31.0 Å². The van der Waals surface area contributed by atoms with E-state index in [9.17, 15) is 14.4 Å². The summed E-state index contributed by atoms with van der Waals surface area (Å²) in [5, 5.41) is 2.62. The molecule has 0 unspecified atom stereocenters. The van der Waals surface area contributed by atoms with Crippen LogP contribution in [0, 0.1) is 5.92 Å². The summed E-state index contributed by atoms with van der Waals surface area (Å²) in [4.78, 5) is 37.9. The first-order valence-corrected chi connectivity index (χ1v) is 8.16. The number of rotatable bonds is 6. The Bertz CT molecular complexity index is 686. The van der Waals surface area contributed by atoms with Crippen LogP contribution in [0.1, 0.15) is 29.3 Å². The van der Waals surface area contributed by atoms with E-state index in [4.69, 9.17) is 9.47 Å². The Morgan fingerprint density at radius 1 is 1.20 bits per heavy atom. The van der Waals surface area contributed by atoms with Crippen molar-refractivity contribution in [3.63, 3.8) is 0 Å². The Labute approximate surface area is 147 Å². The van der Waals surface area contributed by atoms with Gasteiger partial charge in [0.15, 0.2) is 17.3 Å². The maximum Gasteiger partial charge on any atom is 0.227 e. The molecule has 2 rings (SSSR count). The Morgan fingerprint density at radius 3 is 2.40 bits per heavy atom. The smallest absolute Gasteiger partial charge is 0.227 e. The number of carbonyl (C=O) groups excluding carboxylic acids is 3. The fourth-order valence-electron chi connectivity index (χ4n) is 3.07. The van der Waals surface area contributed by atoms with Crippen LogP contribution >= 0.6 is 0 Å². The molecule has 0 spiro atoms. The first kappa shape index (κ1) is 18.8. The van der Waals surface area contributed by atoms with E-state index < -0.39 is 0 Å². The molecule has 1 saturated heterocycles. The third-order valence-corrected chi connectivity index (χ3v) is 4.49. The minimum Gasteiger partial charge on any atom is -0.493 e. The molecule has 1 heterocycles. The molecule has 0 saturated carbocycles. The van der Waals surface area contributed by atoms with Crippen molar-refractivity contribution in [2.24, 2.45) is 5.92 Å². The molecular weight excluding hydrogens is 324 g/mol. The molecule has 0 bridgehead atoms. The van der Waals surface area contributed by atoms with Crippen LogP contribution in [0.15, 0.2) is 12.1 Å². The van der Waals surface area contributed by atoms with Crippen molar-refractivity contribution in [1.29, 1.82) is 0 Å². The van der Waals surface area contributed by atoms with Gasteiger partial charge in [-0.15, -0.1) is 0 Å². The number of methoxy groups -OCH3 is 2. The lowest BCUT2D eigenvalue weighted by molar-refractivity contribution is -0.130. The highest BCUT2D eigenvalue weighted by molar-refractivity contribution is 5.97. The molecule has 1 aromatic rings. The van der Waals surface area contributed by atoms with E-state index in [1.54, 1.807) is 24.1 Å². The number of hydrogen-bond donors (Lipinski definition) is 1. The van der Waals surface area contributed by atoms with Crippen LogP contribution in [-0.4, -0.2) is 56.9 Å². The quantitative estimate of drug-likeness (QED) is 0.777. The lowest BCUT2D eigenvalue weighted by Crippen LogP contribution is -2.34. The summed E-state index contributed by atoms with van der Waals surface area (Å²) >= 11 is 0. The fraction of sp³-hybridized carbons (Fsp3) is 0.500. The number of amides is 2. The predicted molar refractivity (Wildman–Crippen MR) is 92.0 cm³/mol. The lowest BCUT2D eigenvalue weighted by Gasteiger charge is -2.18. The van der Waals surface area contributed by atoms with Crippen LogP contribution < -0.4 is 14.8 Å². The van der Waals surface area contributed by atoms with Gasteiger partial charge in [0.05, 0.1) is 26.6 Å². The largest absolute Gasteiger partial charge is 0.493 e. The van der Waals surface area contributed by atoms with Crippen molar-refractivity contribution in [2.75, 3.05) is 34.4 Å². The minimum absolute atomic E-state index is 0.0501. The second-order valence-corrected chi connectivity index (χ2v) is 6.04. The number of likely N-dealkylation sites (tertiary alicyclic amines) is 1. The summed E-state index contributed by atoms with van der Waals surface area (Å²) in [6.07, 6.45) is 0.729. The van der Waals surface area contributed by atoms with E-state index in [0.29, 0.717) is 42.1 Å². The normalized spacial score (nSPS) is 16.5. The monoisotopic (exact) mass is 348 g/mol. The Balaban J connectivity index is 2.20. The van der Waals surface area contributed by atoms with Gasteiger partial charge >= 0.3 is 0 Å². The molecule has 25 heavy (non-hydrogen) atoms. The van der Waals surface area contributed by atoms with Crippen LogP contribution in [0.3, 0.4) is 0 Å². The molecule has 7 nitrogen and oxygen atoms in total. The van der Waals surface area contributed by atoms with Crippen molar-refractivity contribution in [1.82, 2.24) is 10.2 Å². The maximum atomic E-state index is 12.6. The molecule has 1 fully saturated rings. The van der Waals surface area contributed by atoms with Gasteiger partial charge in [-0.25, -0.2) is 0 Å². The van der Waals surface area contributed by atoms with E-state index in [1.165, 1.54) is 21.1 Å². The van der Waals surface area contributed by atoms with Crippen LogP contribution in [-0.2, 0) is 16.0 Å². The Hall–Kier alpha value is -2.57. The number of ketones is 1. The Morgan fingerprint density at radius 2 is 1.84 bits per heavy atom. The highest BCUT2D eigenvalue weighted by Gasteiger charge is 2.31. The van der Waals surface area contributed by atoms with Crippen LogP contribution in [0.4, 0.5) is 0 Å². The number of nitrogens with zero attached hydrogens (tertiary/aromatic N) is 1. The Kier molecular flexibility index (Phi) is 6.01. The maximum absolute atomic E-state index is 12.6. The minimum atomic E-state index is -0.174. The molecule has 1 aliphatic heterocycles. The number of carbonyl (C=O) groups is 3. The third kappa shape index (κ3) is 4.10. The number of nitrogens with one attached hydrogen (secondary N) is 1. The van der Waals surface area contributed by atoms with Crippen LogP contribution in [0.2, 0.25) is 0 Å². The summed E-state index contributed by atoms with van der Waals surface area (Å²) in [6.45, 7) is 2.40. The first-order valence-electron chi connectivity index (χ1n) is 8.16. The molecule has 0 aliphatic carbocycles. The van der Waals surface area contributed by atoms with Gasteiger partial charge in [0.1, 0.15) is 0 Å². The fourth-order valence-corrected chi connectivity index (χ4v) is 3.07. The van der Waals surface area contributed by atoms with Crippen molar-refractivity contribution in [3.8, 4) is 11.5 Å². The summed E-state index contributed by atoms with van der Waals surface area (Å²) in [6, 6.07) is 3.26. The van der Waals surface area contributed by atoms with Gasteiger partial charge < -0.3 is 19.7 Å². The highest BCUT2D eigenvalue weighted by atomic mass is 16.5. The zero-order valence-corrected chi connectivity index (χ0v) is 15.0. The average Bonchev–Trinajstić information content (AvgIpc) is 3.10. The molecule has 1 aromatic carbocycles. The van der Waals surface area contributed by atoms with Crippen LogP contribution in [0.5, 0.6) is 11.5 Å². The second-order valence-electron chi connectivity index (χ2n) is 6.04. The molecular formula is C18H24N2O5. The topological polar surface area (TPSA) is 84.9 Å². The van der Waals surface area contributed by atoms with Gasteiger partial charge in [-0.1, -0.05) is 0 Å². The number of hydrogen-bond acceptors (Lipinski definition) is 5. The molecule has 0 aromatic heterocycles.